The molecular formula is C33H33ClN2O6. The minimum absolute atomic E-state index is 0.0148. The smallest absolute Gasteiger partial charge is 0.254 e. The van der Waals surface area contributed by atoms with Crippen LogP contribution in [0.2, 0.25) is 5.02 Å². The molecule has 1 aliphatic heterocycles. The average molecular weight is 589 g/mol. The molecule has 5 rings (SSSR count). The lowest BCUT2D eigenvalue weighted by atomic mass is 10.1. The Morgan fingerprint density at radius 1 is 0.881 bits per heavy atom. The Morgan fingerprint density at radius 3 is 2.40 bits per heavy atom. The Labute approximate surface area is 249 Å². The van der Waals surface area contributed by atoms with Crippen molar-refractivity contribution in [3.8, 4) is 11.5 Å². The van der Waals surface area contributed by atoms with Crippen LogP contribution < -0.4 is 14.9 Å². The molecule has 0 atom stereocenters. The first-order valence-corrected chi connectivity index (χ1v) is 14.5. The van der Waals surface area contributed by atoms with E-state index in [-0.39, 0.29) is 43.7 Å². The van der Waals surface area contributed by atoms with Crippen molar-refractivity contribution in [2.45, 2.75) is 46.2 Å². The highest BCUT2D eigenvalue weighted by Gasteiger charge is 2.25. The van der Waals surface area contributed by atoms with E-state index < -0.39 is 0 Å². The van der Waals surface area contributed by atoms with Gasteiger partial charge in [-0.15, -0.1) is 0 Å². The summed E-state index contributed by atoms with van der Waals surface area (Å²) in [6, 6.07) is 17.8. The van der Waals surface area contributed by atoms with Gasteiger partial charge in [0, 0.05) is 23.7 Å². The maximum Gasteiger partial charge on any atom is 0.254 e. The zero-order valence-corrected chi connectivity index (χ0v) is 24.5. The fourth-order valence-electron chi connectivity index (χ4n) is 4.88. The minimum Gasteiger partial charge on any atom is -0.464 e. The summed E-state index contributed by atoms with van der Waals surface area (Å²) in [5.74, 6) is 0.722. The highest BCUT2D eigenvalue weighted by atomic mass is 35.5. The van der Waals surface area contributed by atoms with E-state index in [1.165, 1.54) is 6.26 Å². The van der Waals surface area contributed by atoms with Gasteiger partial charge < -0.3 is 23.7 Å². The summed E-state index contributed by atoms with van der Waals surface area (Å²) in [4.78, 5) is 44.0. The molecule has 3 aromatic carbocycles. The lowest BCUT2D eigenvalue weighted by molar-refractivity contribution is -0.133. The number of halogens is 1. The third-order valence-corrected chi connectivity index (χ3v) is 7.57. The molecule has 0 aliphatic carbocycles. The van der Waals surface area contributed by atoms with Crippen LogP contribution in [0.5, 0.6) is 11.5 Å². The second-order valence-corrected chi connectivity index (χ2v) is 10.7. The molecule has 0 spiro atoms. The summed E-state index contributed by atoms with van der Waals surface area (Å²) in [5.41, 5.74) is 2.91. The topological polar surface area (TPSA) is 89.3 Å². The molecule has 2 amide bonds. The van der Waals surface area contributed by atoms with Crippen LogP contribution >= 0.6 is 11.6 Å². The first kappa shape index (κ1) is 29.2. The SMILES string of the molecule is CCCCN(CC(=O)N(Cc1ccc2c(c1)OCO2)Cc1coc2ccc(Cl)cc2c1=O)C(=O)c1ccc(CC)cc1. The maximum absolute atomic E-state index is 13.9. The Hall–Kier alpha value is -4.30. The van der Waals surface area contributed by atoms with Crippen molar-refractivity contribution in [2.75, 3.05) is 19.9 Å². The summed E-state index contributed by atoms with van der Waals surface area (Å²) in [6.07, 6.45) is 3.88. The molecule has 0 N–H and O–H groups in total. The van der Waals surface area contributed by atoms with Gasteiger partial charge in [0.15, 0.2) is 16.9 Å². The van der Waals surface area contributed by atoms with E-state index in [4.69, 9.17) is 25.5 Å². The molecule has 0 radical (unpaired) electrons. The van der Waals surface area contributed by atoms with Crippen molar-refractivity contribution in [3.63, 3.8) is 0 Å². The molecule has 42 heavy (non-hydrogen) atoms. The molecule has 0 fully saturated rings. The highest BCUT2D eigenvalue weighted by Crippen LogP contribution is 2.33. The van der Waals surface area contributed by atoms with E-state index in [1.807, 2.05) is 31.2 Å². The van der Waals surface area contributed by atoms with Crippen LogP contribution in [0.4, 0.5) is 0 Å². The second kappa shape index (κ2) is 13.1. The lowest BCUT2D eigenvalue weighted by Gasteiger charge is -2.28. The summed E-state index contributed by atoms with van der Waals surface area (Å²) in [5, 5.41) is 0.753. The third-order valence-electron chi connectivity index (χ3n) is 7.33. The van der Waals surface area contributed by atoms with Crippen LogP contribution in [-0.2, 0) is 24.3 Å². The van der Waals surface area contributed by atoms with E-state index >= 15 is 0 Å². The molecule has 8 nitrogen and oxygen atoms in total. The molecule has 0 unspecified atom stereocenters. The van der Waals surface area contributed by atoms with E-state index in [2.05, 4.69) is 6.92 Å². The number of carbonyl (C=O) groups excluding carboxylic acids is 2. The van der Waals surface area contributed by atoms with Crippen LogP contribution in [0.25, 0.3) is 11.0 Å². The van der Waals surface area contributed by atoms with Gasteiger partial charge in [-0.2, -0.15) is 0 Å². The van der Waals surface area contributed by atoms with Crippen molar-refractivity contribution < 1.29 is 23.5 Å². The Kier molecular flexibility index (Phi) is 9.12. The number of hydrogen-bond acceptors (Lipinski definition) is 6. The Bertz CT molecular complexity index is 1650. The second-order valence-electron chi connectivity index (χ2n) is 10.3. The van der Waals surface area contributed by atoms with Gasteiger partial charge in [0.25, 0.3) is 5.91 Å². The molecule has 1 aliphatic rings. The maximum atomic E-state index is 13.9. The molecular weight excluding hydrogens is 556 g/mol. The van der Waals surface area contributed by atoms with Crippen molar-refractivity contribution in [1.82, 2.24) is 9.80 Å². The van der Waals surface area contributed by atoms with Gasteiger partial charge in [0.2, 0.25) is 12.7 Å². The number of benzene rings is 3. The standard InChI is InChI=1S/C33H33ClN2O6/c1-3-5-14-35(33(39)24-9-6-22(4-2)7-10-24)19-31(37)36(17-23-8-12-29-30(15-23)42-21-41-29)18-25-20-40-28-13-11-26(34)16-27(28)32(25)38/h6-13,15-16,20H,3-5,14,17-19,21H2,1-2H3. The highest BCUT2D eigenvalue weighted by molar-refractivity contribution is 6.31. The number of nitrogens with zero attached hydrogens (tertiary/aromatic N) is 2. The van der Waals surface area contributed by atoms with Crippen LogP contribution in [0, 0.1) is 0 Å². The first-order valence-electron chi connectivity index (χ1n) is 14.1. The van der Waals surface area contributed by atoms with E-state index in [0.29, 0.717) is 45.2 Å². The normalized spacial score (nSPS) is 12.0. The number of aryl methyl sites for hydroxylation is 1. The van der Waals surface area contributed by atoms with Gasteiger partial charge in [0.1, 0.15) is 12.1 Å². The lowest BCUT2D eigenvalue weighted by Crippen LogP contribution is -2.43. The first-order chi connectivity index (χ1) is 20.4. The molecule has 0 saturated carbocycles. The predicted molar refractivity (Wildman–Crippen MR) is 161 cm³/mol. The number of carbonyl (C=O) groups is 2. The van der Waals surface area contributed by atoms with Gasteiger partial charge in [-0.05, 0) is 66.4 Å². The zero-order chi connectivity index (χ0) is 29.6. The van der Waals surface area contributed by atoms with Crippen LogP contribution in [0.15, 0.2) is 76.1 Å². The molecule has 4 aromatic rings. The summed E-state index contributed by atoms with van der Waals surface area (Å²) in [6.45, 7) is 4.70. The molecule has 1 aromatic heterocycles. The van der Waals surface area contributed by atoms with E-state index in [1.54, 1.807) is 46.2 Å². The minimum atomic E-state index is -0.298. The van der Waals surface area contributed by atoms with Crippen LogP contribution in [-0.4, -0.2) is 41.5 Å². The largest absolute Gasteiger partial charge is 0.464 e. The van der Waals surface area contributed by atoms with Gasteiger partial charge in [-0.1, -0.05) is 50.1 Å². The van der Waals surface area contributed by atoms with Gasteiger partial charge in [0.05, 0.1) is 23.8 Å². The number of ether oxygens (including phenoxy) is 2. The monoisotopic (exact) mass is 588 g/mol. The third kappa shape index (κ3) is 6.60. The quantitative estimate of drug-likeness (QED) is 0.207. The zero-order valence-electron chi connectivity index (χ0n) is 23.7. The number of rotatable bonds is 11. The Morgan fingerprint density at radius 2 is 1.64 bits per heavy atom. The molecule has 0 bridgehead atoms. The van der Waals surface area contributed by atoms with Crippen molar-refractivity contribution in [3.05, 3.63) is 104 Å². The van der Waals surface area contributed by atoms with E-state index in [0.717, 1.165) is 30.4 Å². The van der Waals surface area contributed by atoms with Crippen molar-refractivity contribution in [2.24, 2.45) is 0 Å². The van der Waals surface area contributed by atoms with Crippen molar-refractivity contribution in [1.29, 1.82) is 0 Å². The number of unbranched alkanes of at least 4 members (excludes halogenated alkanes) is 1. The summed E-state index contributed by atoms with van der Waals surface area (Å²) >= 11 is 6.14. The molecule has 218 valence electrons. The molecule has 9 heteroatoms. The average Bonchev–Trinajstić information content (AvgIpc) is 3.48. The van der Waals surface area contributed by atoms with E-state index in [9.17, 15) is 14.4 Å². The van der Waals surface area contributed by atoms with Gasteiger partial charge >= 0.3 is 0 Å². The fourth-order valence-corrected chi connectivity index (χ4v) is 5.05. The van der Waals surface area contributed by atoms with Gasteiger partial charge in [-0.3, -0.25) is 14.4 Å². The van der Waals surface area contributed by atoms with Crippen LogP contribution in [0.3, 0.4) is 0 Å². The van der Waals surface area contributed by atoms with Crippen molar-refractivity contribution >= 4 is 34.4 Å². The predicted octanol–water partition coefficient (Wildman–Crippen LogP) is 6.21. The van der Waals surface area contributed by atoms with Crippen LogP contribution in [0.1, 0.15) is 53.7 Å². The molecule has 2 heterocycles. The molecule has 0 saturated heterocycles. The number of hydrogen-bond donors (Lipinski definition) is 0. The van der Waals surface area contributed by atoms with Gasteiger partial charge in [-0.25, -0.2) is 0 Å². The summed E-state index contributed by atoms with van der Waals surface area (Å²) in [7, 11) is 0. The number of amides is 2. The Balaban J connectivity index is 1.44. The summed E-state index contributed by atoms with van der Waals surface area (Å²) < 4.78 is 16.7. The fraction of sp³-hybridized carbons (Fsp3) is 0.303. The number of fused-ring (bicyclic) bond motifs is 2.